The number of sulfonamides is 1. The van der Waals surface area contributed by atoms with Crippen molar-refractivity contribution in [3.8, 4) is 0 Å². The van der Waals surface area contributed by atoms with Crippen LogP contribution in [0.15, 0.2) is 18.2 Å². The molecule has 0 atom stereocenters. The molecule has 0 aromatic heterocycles. The molecule has 0 spiro atoms. The molecule has 90 valence electrons. The van der Waals surface area contributed by atoms with Gasteiger partial charge in [-0.3, -0.25) is 0 Å². The fraction of sp³-hybridized carbons (Fsp3) is 0.455. The molecule has 0 fully saturated rings. The Kier molecular flexibility index (Phi) is 4.46. The fourth-order valence-electron chi connectivity index (χ4n) is 1.36. The monoisotopic (exact) mass is 243 g/mol. The van der Waals surface area contributed by atoms with Crippen molar-refractivity contribution in [3.05, 3.63) is 34.9 Å². The van der Waals surface area contributed by atoms with E-state index < -0.39 is 10.0 Å². The number of nitrogens with one attached hydrogen (secondary N) is 1. The molecule has 0 saturated carbocycles. The Bertz CT molecular complexity index is 454. The number of rotatable bonds is 5. The van der Waals surface area contributed by atoms with E-state index >= 15 is 0 Å². The second-order valence-electron chi connectivity index (χ2n) is 3.79. The van der Waals surface area contributed by atoms with Crippen molar-refractivity contribution in [1.82, 2.24) is 4.72 Å². The van der Waals surface area contributed by atoms with Gasteiger partial charge in [-0.1, -0.05) is 18.2 Å². The van der Waals surface area contributed by atoms with Crippen LogP contribution in [-0.4, -0.2) is 21.8 Å². The number of aryl methyl sites for hydroxylation is 1. The predicted molar refractivity (Wildman–Crippen MR) is 63.6 cm³/mol. The van der Waals surface area contributed by atoms with Crippen LogP contribution >= 0.6 is 0 Å². The van der Waals surface area contributed by atoms with Gasteiger partial charge >= 0.3 is 0 Å². The largest absolute Gasteiger partial charge is 0.380 e. The van der Waals surface area contributed by atoms with Crippen LogP contribution < -0.4 is 4.72 Å². The van der Waals surface area contributed by atoms with Gasteiger partial charge in [0.15, 0.2) is 0 Å². The van der Waals surface area contributed by atoms with E-state index in [2.05, 4.69) is 4.72 Å². The van der Waals surface area contributed by atoms with Crippen LogP contribution in [0.2, 0.25) is 0 Å². The molecule has 0 radical (unpaired) electrons. The third-order valence-corrected chi connectivity index (χ3v) is 2.92. The minimum absolute atomic E-state index is 0.315. The van der Waals surface area contributed by atoms with Crippen LogP contribution in [0.3, 0.4) is 0 Å². The van der Waals surface area contributed by atoms with E-state index in [1.807, 2.05) is 25.1 Å². The van der Waals surface area contributed by atoms with Crippen molar-refractivity contribution < 1.29 is 13.2 Å². The normalized spacial score (nSPS) is 11.7. The second-order valence-corrected chi connectivity index (χ2v) is 5.62. The first-order valence-electron chi connectivity index (χ1n) is 4.94. The summed E-state index contributed by atoms with van der Waals surface area (Å²) in [7, 11) is -1.50. The first kappa shape index (κ1) is 13.2. The Morgan fingerprint density at radius 1 is 1.38 bits per heavy atom. The first-order valence-corrected chi connectivity index (χ1v) is 6.83. The fourth-order valence-corrected chi connectivity index (χ4v) is 1.79. The van der Waals surface area contributed by atoms with Crippen LogP contribution in [-0.2, 0) is 27.9 Å². The maximum Gasteiger partial charge on any atom is 0.209 e. The molecule has 0 bridgehead atoms. The van der Waals surface area contributed by atoms with Gasteiger partial charge in [-0.2, -0.15) is 0 Å². The van der Waals surface area contributed by atoms with Crippen LogP contribution in [0.25, 0.3) is 0 Å². The second kappa shape index (κ2) is 5.43. The molecule has 1 rings (SSSR count). The summed E-state index contributed by atoms with van der Waals surface area (Å²) in [5.41, 5.74) is 3.16. The lowest BCUT2D eigenvalue weighted by molar-refractivity contribution is 0.184. The van der Waals surface area contributed by atoms with Crippen LogP contribution in [0.4, 0.5) is 0 Å². The summed E-state index contributed by atoms with van der Waals surface area (Å²) in [6.07, 6.45) is 1.15. The summed E-state index contributed by atoms with van der Waals surface area (Å²) in [6, 6.07) is 5.83. The molecule has 5 heteroatoms. The molecular weight excluding hydrogens is 226 g/mol. The van der Waals surface area contributed by atoms with Crippen molar-refractivity contribution in [1.29, 1.82) is 0 Å². The smallest absolute Gasteiger partial charge is 0.209 e. The molecule has 0 heterocycles. The summed E-state index contributed by atoms with van der Waals surface area (Å²) in [5, 5.41) is 0. The first-order chi connectivity index (χ1) is 7.42. The van der Waals surface area contributed by atoms with E-state index in [4.69, 9.17) is 4.74 Å². The van der Waals surface area contributed by atoms with E-state index in [1.54, 1.807) is 7.11 Å². The number of benzene rings is 1. The summed E-state index contributed by atoms with van der Waals surface area (Å²) >= 11 is 0. The van der Waals surface area contributed by atoms with E-state index in [-0.39, 0.29) is 0 Å². The Hall–Kier alpha value is -0.910. The molecule has 1 aromatic carbocycles. The summed E-state index contributed by atoms with van der Waals surface area (Å²) in [5.74, 6) is 0. The Morgan fingerprint density at radius 2 is 2.06 bits per heavy atom. The molecular formula is C11H17NO3S. The Labute approximate surface area is 96.7 Å². The average molecular weight is 243 g/mol. The maximum absolute atomic E-state index is 10.9. The number of ether oxygens (including phenoxy) is 1. The SMILES string of the molecule is COCc1cc(CNS(C)(=O)=O)ccc1C. The van der Waals surface area contributed by atoms with Crippen molar-refractivity contribution >= 4 is 10.0 Å². The van der Waals surface area contributed by atoms with Gasteiger partial charge in [0, 0.05) is 13.7 Å². The molecule has 0 saturated heterocycles. The van der Waals surface area contributed by atoms with E-state index in [1.165, 1.54) is 0 Å². The van der Waals surface area contributed by atoms with Crippen molar-refractivity contribution in [2.45, 2.75) is 20.1 Å². The minimum atomic E-state index is -3.14. The highest BCUT2D eigenvalue weighted by Crippen LogP contribution is 2.12. The lowest BCUT2D eigenvalue weighted by Crippen LogP contribution is -2.21. The zero-order valence-corrected chi connectivity index (χ0v) is 10.6. The van der Waals surface area contributed by atoms with Crippen LogP contribution in [0, 0.1) is 6.92 Å². The highest BCUT2D eigenvalue weighted by Gasteiger charge is 2.03. The standard InChI is InChI=1S/C11H17NO3S/c1-9-4-5-10(6-11(9)8-15-2)7-12-16(3,13)14/h4-6,12H,7-8H2,1-3H3. The highest BCUT2D eigenvalue weighted by atomic mass is 32.2. The molecule has 0 unspecified atom stereocenters. The molecule has 1 N–H and O–H groups in total. The van der Waals surface area contributed by atoms with Crippen LogP contribution in [0.5, 0.6) is 0 Å². The number of hydrogen-bond donors (Lipinski definition) is 1. The molecule has 16 heavy (non-hydrogen) atoms. The van der Waals surface area contributed by atoms with Crippen molar-refractivity contribution in [2.24, 2.45) is 0 Å². The van der Waals surface area contributed by atoms with Gasteiger partial charge in [0.1, 0.15) is 0 Å². The molecule has 0 amide bonds. The van der Waals surface area contributed by atoms with Crippen molar-refractivity contribution in [2.75, 3.05) is 13.4 Å². The summed E-state index contributed by atoms with van der Waals surface area (Å²) < 4.78 is 29.4. The summed E-state index contributed by atoms with van der Waals surface area (Å²) in [6.45, 7) is 2.86. The lowest BCUT2D eigenvalue weighted by atomic mass is 10.1. The molecule has 0 aliphatic rings. The van der Waals surface area contributed by atoms with Gasteiger partial charge in [-0.25, -0.2) is 13.1 Å². The van der Waals surface area contributed by atoms with Crippen LogP contribution in [0.1, 0.15) is 16.7 Å². The third-order valence-electron chi connectivity index (χ3n) is 2.25. The van der Waals surface area contributed by atoms with Gasteiger partial charge < -0.3 is 4.74 Å². The zero-order valence-electron chi connectivity index (χ0n) is 9.78. The maximum atomic E-state index is 10.9. The van der Waals surface area contributed by atoms with Gasteiger partial charge in [0.2, 0.25) is 10.0 Å². The quantitative estimate of drug-likeness (QED) is 0.845. The average Bonchev–Trinajstić information content (AvgIpc) is 2.18. The number of methoxy groups -OCH3 is 1. The van der Waals surface area contributed by atoms with E-state index in [0.29, 0.717) is 13.2 Å². The van der Waals surface area contributed by atoms with E-state index in [9.17, 15) is 8.42 Å². The number of hydrogen-bond acceptors (Lipinski definition) is 3. The van der Waals surface area contributed by atoms with Gasteiger partial charge in [-0.05, 0) is 23.6 Å². The minimum Gasteiger partial charge on any atom is -0.380 e. The van der Waals surface area contributed by atoms with Gasteiger partial charge in [-0.15, -0.1) is 0 Å². The topological polar surface area (TPSA) is 55.4 Å². The summed E-state index contributed by atoms with van der Waals surface area (Å²) in [4.78, 5) is 0. The molecule has 0 aliphatic carbocycles. The predicted octanol–water partition coefficient (Wildman–Crippen LogP) is 1.19. The van der Waals surface area contributed by atoms with Crippen molar-refractivity contribution in [3.63, 3.8) is 0 Å². The Balaban J connectivity index is 2.78. The zero-order chi connectivity index (χ0) is 12.2. The third kappa shape index (κ3) is 4.30. The van der Waals surface area contributed by atoms with E-state index in [0.717, 1.165) is 22.9 Å². The highest BCUT2D eigenvalue weighted by molar-refractivity contribution is 7.88. The Morgan fingerprint density at radius 3 is 2.62 bits per heavy atom. The molecule has 0 aliphatic heterocycles. The van der Waals surface area contributed by atoms with Gasteiger partial charge in [0.05, 0.1) is 12.9 Å². The molecule has 4 nitrogen and oxygen atoms in total. The lowest BCUT2D eigenvalue weighted by Gasteiger charge is -2.08. The van der Waals surface area contributed by atoms with Gasteiger partial charge in [0.25, 0.3) is 0 Å². The molecule has 1 aromatic rings.